The van der Waals surface area contributed by atoms with E-state index in [2.05, 4.69) is 15.6 Å². The molecule has 2 fully saturated rings. The van der Waals surface area contributed by atoms with Crippen LogP contribution in [0.15, 0.2) is 54.9 Å². The van der Waals surface area contributed by atoms with Crippen molar-refractivity contribution in [2.45, 2.75) is 12.2 Å². The average molecular weight is 430 g/mol. The number of hydrogen-bond acceptors (Lipinski definition) is 3. The zero-order chi connectivity index (χ0) is 21.8. The molecule has 0 radical (unpaired) electrons. The van der Waals surface area contributed by atoms with Gasteiger partial charge in [-0.25, -0.2) is 9.18 Å². The maximum Gasteiger partial charge on any atom is 0.419 e. The molecule has 31 heavy (non-hydrogen) atoms. The maximum absolute atomic E-state index is 14.4. The van der Waals surface area contributed by atoms with Gasteiger partial charge in [-0.2, -0.15) is 13.2 Å². The van der Waals surface area contributed by atoms with E-state index in [1.54, 1.807) is 23.4 Å². The Hall–Kier alpha value is -3.36. The summed E-state index contributed by atoms with van der Waals surface area (Å²) in [5, 5.41) is 7.55. The number of aromatic nitrogens is 1. The Bertz CT molecular complexity index is 1150. The fourth-order valence-electron chi connectivity index (χ4n) is 4.46. The number of rotatable bonds is 3. The van der Waals surface area contributed by atoms with E-state index in [9.17, 15) is 22.4 Å². The SMILES string of the molecule is O=C(Nc1cccc2cnccc12)NC1C2CN(c3cccc(C(F)(F)F)c3F)CC21. The molecule has 160 valence electrons. The topological polar surface area (TPSA) is 57.3 Å². The molecule has 1 aliphatic heterocycles. The summed E-state index contributed by atoms with van der Waals surface area (Å²) in [6, 6.07) is 10.2. The lowest BCUT2D eigenvalue weighted by molar-refractivity contribution is -0.139. The summed E-state index contributed by atoms with van der Waals surface area (Å²) in [6.45, 7) is 0.793. The van der Waals surface area contributed by atoms with Crippen LogP contribution in [-0.4, -0.2) is 30.1 Å². The van der Waals surface area contributed by atoms with Crippen molar-refractivity contribution >= 4 is 28.2 Å². The van der Waals surface area contributed by atoms with Gasteiger partial charge in [0.25, 0.3) is 0 Å². The number of halogens is 4. The summed E-state index contributed by atoms with van der Waals surface area (Å²) in [5.41, 5.74) is -0.643. The van der Waals surface area contributed by atoms with Crippen LogP contribution in [0.1, 0.15) is 5.56 Å². The van der Waals surface area contributed by atoms with Crippen molar-refractivity contribution in [1.29, 1.82) is 0 Å². The number of alkyl halides is 3. The number of nitrogens with one attached hydrogen (secondary N) is 2. The highest BCUT2D eigenvalue weighted by molar-refractivity contribution is 6.01. The van der Waals surface area contributed by atoms with Crippen LogP contribution in [0.2, 0.25) is 0 Å². The van der Waals surface area contributed by atoms with Crippen LogP contribution in [-0.2, 0) is 6.18 Å². The Kier molecular flexibility index (Phi) is 4.49. The Labute approximate surface area is 175 Å². The molecule has 2 amide bonds. The fourth-order valence-corrected chi connectivity index (χ4v) is 4.46. The average Bonchev–Trinajstić information content (AvgIpc) is 3.16. The molecule has 0 bridgehead atoms. The summed E-state index contributed by atoms with van der Waals surface area (Å²) >= 11 is 0. The van der Waals surface area contributed by atoms with Crippen molar-refractivity contribution in [2.24, 2.45) is 11.8 Å². The molecular weight excluding hydrogens is 412 g/mol. The lowest BCUT2D eigenvalue weighted by Gasteiger charge is -2.24. The minimum Gasteiger partial charge on any atom is -0.368 e. The first-order chi connectivity index (χ1) is 14.8. The number of nitrogens with zero attached hydrogens (tertiary/aromatic N) is 2. The van der Waals surface area contributed by atoms with Crippen molar-refractivity contribution in [1.82, 2.24) is 10.3 Å². The molecule has 2 aliphatic rings. The summed E-state index contributed by atoms with van der Waals surface area (Å²) in [6.07, 6.45) is -1.37. The molecule has 9 heteroatoms. The number of carbonyl (C=O) groups is 1. The second-order valence-corrected chi connectivity index (χ2v) is 7.90. The monoisotopic (exact) mass is 430 g/mol. The van der Waals surface area contributed by atoms with Crippen LogP contribution in [0.25, 0.3) is 10.8 Å². The molecule has 5 rings (SSSR count). The van der Waals surface area contributed by atoms with E-state index in [0.717, 1.165) is 16.8 Å². The van der Waals surface area contributed by atoms with Crippen LogP contribution in [0.4, 0.5) is 33.7 Å². The van der Waals surface area contributed by atoms with Crippen LogP contribution in [0.3, 0.4) is 0 Å². The van der Waals surface area contributed by atoms with Crippen molar-refractivity contribution in [3.8, 4) is 0 Å². The first-order valence-corrected chi connectivity index (χ1v) is 9.84. The van der Waals surface area contributed by atoms with Gasteiger partial charge in [0.1, 0.15) is 0 Å². The Balaban J connectivity index is 1.22. The molecule has 1 saturated carbocycles. The smallest absolute Gasteiger partial charge is 0.368 e. The maximum atomic E-state index is 14.4. The second-order valence-electron chi connectivity index (χ2n) is 7.90. The minimum absolute atomic E-state index is 0.0467. The van der Waals surface area contributed by atoms with E-state index in [1.165, 1.54) is 12.1 Å². The van der Waals surface area contributed by atoms with Crippen LogP contribution in [0, 0.1) is 17.7 Å². The van der Waals surface area contributed by atoms with E-state index < -0.39 is 17.6 Å². The number of carbonyl (C=O) groups excluding carboxylic acids is 1. The summed E-state index contributed by atoms with van der Waals surface area (Å²) in [4.78, 5) is 18.1. The molecule has 1 aliphatic carbocycles. The first-order valence-electron chi connectivity index (χ1n) is 9.84. The molecule has 0 spiro atoms. The van der Waals surface area contributed by atoms with Gasteiger partial charge in [0.15, 0.2) is 5.82 Å². The van der Waals surface area contributed by atoms with Gasteiger partial charge in [-0.05, 0) is 24.3 Å². The largest absolute Gasteiger partial charge is 0.419 e. The van der Waals surface area contributed by atoms with Gasteiger partial charge in [-0.1, -0.05) is 18.2 Å². The van der Waals surface area contributed by atoms with Gasteiger partial charge >= 0.3 is 12.2 Å². The van der Waals surface area contributed by atoms with Crippen molar-refractivity contribution in [2.75, 3.05) is 23.3 Å². The normalized spacial score (nSPS) is 22.3. The number of urea groups is 1. The number of pyridine rings is 1. The van der Waals surface area contributed by atoms with E-state index in [0.29, 0.717) is 18.8 Å². The van der Waals surface area contributed by atoms with Crippen molar-refractivity contribution in [3.05, 3.63) is 66.2 Å². The van der Waals surface area contributed by atoms with Gasteiger partial charge in [0.2, 0.25) is 0 Å². The molecule has 2 unspecified atom stereocenters. The standard InChI is InChI=1S/C22H18F4N4O/c23-19-16(22(24,25)26)4-2-6-18(19)30-10-14-15(11-30)20(14)29-21(31)28-17-5-1-3-12-9-27-8-7-13(12)17/h1-9,14-15,20H,10-11H2,(H2,28,29,31). The Morgan fingerprint density at radius 2 is 1.81 bits per heavy atom. The zero-order valence-electron chi connectivity index (χ0n) is 16.2. The molecule has 2 heterocycles. The van der Waals surface area contributed by atoms with E-state index in [-0.39, 0.29) is 29.6 Å². The number of amides is 2. The predicted molar refractivity (Wildman–Crippen MR) is 108 cm³/mol. The van der Waals surface area contributed by atoms with Gasteiger partial charge in [0, 0.05) is 54.1 Å². The molecule has 2 N–H and O–H groups in total. The molecular formula is C22H18F4N4O. The molecule has 2 atom stereocenters. The van der Waals surface area contributed by atoms with Crippen LogP contribution in [0.5, 0.6) is 0 Å². The van der Waals surface area contributed by atoms with E-state index in [1.807, 2.05) is 18.2 Å². The third kappa shape index (κ3) is 3.54. The second kappa shape index (κ2) is 7.11. The van der Waals surface area contributed by atoms with Crippen molar-refractivity contribution < 1.29 is 22.4 Å². The van der Waals surface area contributed by atoms with Gasteiger partial charge < -0.3 is 15.5 Å². The zero-order valence-corrected chi connectivity index (χ0v) is 16.2. The lowest BCUT2D eigenvalue weighted by Crippen LogP contribution is -2.37. The quantitative estimate of drug-likeness (QED) is 0.595. The Morgan fingerprint density at radius 3 is 2.55 bits per heavy atom. The van der Waals surface area contributed by atoms with E-state index in [4.69, 9.17) is 0 Å². The molecule has 2 aromatic carbocycles. The number of piperidine rings is 1. The highest BCUT2D eigenvalue weighted by Crippen LogP contribution is 2.48. The van der Waals surface area contributed by atoms with Gasteiger partial charge in [-0.3, -0.25) is 4.98 Å². The number of benzene rings is 2. The molecule has 3 aromatic rings. The summed E-state index contributed by atoms with van der Waals surface area (Å²) in [7, 11) is 0. The molecule has 1 saturated heterocycles. The summed E-state index contributed by atoms with van der Waals surface area (Å²) in [5.74, 6) is -1.09. The summed E-state index contributed by atoms with van der Waals surface area (Å²) < 4.78 is 53.3. The lowest BCUT2D eigenvalue weighted by atomic mass is 10.1. The van der Waals surface area contributed by atoms with Crippen LogP contribution >= 0.6 is 0 Å². The van der Waals surface area contributed by atoms with Gasteiger partial charge in [-0.15, -0.1) is 0 Å². The highest BCUT2D eigenvalue weighted by atomic mass is 19.4. The minimum atomic E-state index is -4.73. The highest BCUT2D eigenvalue weighted by Gasteiger charge is 2.57. The first kappa shape index (κ1) is 19.6. The van der Waals surface area contributed by atoms with Crippen LogP contribution < -0.4 is 15.5 Å². The number of anilines is 2. The molecule has 5 nitrogen and oxygen atoms in total. The number of hydrogen-bond donors (Lipinski definition) is 2. The Morgan fingerprint density at radius 1 is 1.06 bits per heavy atom. The molecule has 1 aromatic heterocycles. The fraction of sp³-hybridized carbons (Fsp3) is 0.273. The third-order valence-electron chi connectivity index (χ3n) is 6.05. The van der Waals surface area contributed by atoms with E-state index >= 15 is 0 Å². The number of fused-ring (bicyclic) bond motifs is 2. The van der Waals surface area contributed by atoms with Gasteiger partial charge in [0.05, 0.1) is 16.9 Å². The predicted octanol–water partition coefficient (Wildman–Crippen LogP) is 4.65. The van der Waals surface area contributed by atoms with Crippen molar-refractivity contribution in [3.63, 3.8) is 0 Å². The third-order valence-corrected chi connectivity index (χ3v) is 6.05.